The van der Waals surface area contributed by atoms with Crippen molar-refractivity contribution in [2.75, 3.05) is 13.2 Å². The minimum absolute atomic E-state index is 1.00. The number of hydrogen-bond acceptors (Lipinski definition) is 1. The van der Waals surface area contributed by atoms with Crippen LogP contribution in [-0.4, -0.2) is 13.2 Å². The molecule has 1 fully saturated rings. The Bertz CT molecular complexity index is 128. The lowest BCUT2D eigenvalue weighted by Gasteiger charge is -2.06. The van der Waals surface area contributed by atoms with Crippen LogP contribution in [0.1, 0.15) is 148 Å². The molecule has 0 aromatic heterocycles. The molecule has 0 unspecified atom stereocenters. The van der Waals surface area contributed by atoms with E-state index >= 15 is 0 Å². The quantitative estimate of drug-likeness (QED) is 0.415. The Hall–Kier alpha value is -0.0400. The first-order valence-electron chi connectivity index (χ1n) is 12.6. The van der Waals surface area contributed by atoms with Crippen molar-refractivity contribution in [2.24, 2.45) is 0 Å². The highest BCUT2D eigenvalue weighted by atomic mass is 16.5. The van der Waals surface area contributed by atoms with Crippen molar-refractivity contribution in [3.8, 4) is 0 Å². The summed E-state index contributed by atoms with van der Waals surface area (Å²) in [5.74, 6) is 0. The van der Waals surface area contributed by atoms with Crippen molar-refractivity contribution >= 4 is 0 Å². The van der Waals surface area contributed by atoms with E-state index in [2.05, 4.69) is 0 Å². The Morgan fingerprint density at radius 1 is 0.192 bits per heavy atom. The molecule has 26 heavy (non-hydrogen) atoms. The standard InChI is InChI=1S/C25H50O/c1-2-4-6-8-10-12-14-16-18-20-22-24-26-25-23-21-19-17-15-13-11-9-7-5-3-1/h1-25H2. The average molecular weight is 367 g/mol. The zero-order valence-corrected chi connectivity index (χ0v) is 18.1. The van der Waals surface area contributed by atoms with Gasteiger partial charge in [0.1, 0.15) is 0 Å². The van der Waals surface area contributed by atoms with Gasteiger partial charge in [0.15, 0.2) is 0 Å². The smallest absolute Gasteiger partial charge is 0.0466 e. The predicted molar refractivity (Wildman–Crippen MR) is 117 cm³/mol. The Morgan fingerprint density at radius 2 is 0.346 bits per heavy atom. The summed E-state index contributed by atoms with van der Waals surface area (Å²) >= 11 is 0. The molecule has 0 atom stereocenters. The normalized spacial score (nSPS) is 24.0. The molecule has 156 valence electrons. The van der Waals surface area contributed by atoms with Gasteiger partial charge in [-0.3, -0.25) is 0 Å². The summed E-state index contributed by atoms with van der Waals surface area (Å²) in [6, 6.07) is 0. The van der Waals surface area contributed by atoms with Crippen LogP contribution in [-0.2, 0) is 4.74 Å². The number of hydrogen-bond donors (Lipinski definition) is 0. The Kier molecular flexibility index (Phi) is 19.6. The first-order valence-corrected chi connectivity index (χ1v) is 12.6. The third-order valence-electron chi connectivity index (χ3n) is 6.08. The van der Waals surface area contributed by atoms with Gasteiger partial charge >= 0.3 is 0 Å². The second-order valence-corrected chi connectivity index (χ2v) is 8.74. The van der Waals surface area contributed by atoms with Gasteiger partial charge in [-0.15, -0.1) is 0 Å². The zero-order chi connectivity index (χ0) is 18.4. The Balaban J connectivity index is 2.00. The van der Waals surface area contributed by atoms with Crippen molar-refractivity contribution in [1.82, 2.24) is 0 Å². The van der Waals surface area contributed by atoms with Gasteiger partial charge in [0.05, 0.1) is 0 Å². The van der Waals surface area contributed by atoms with Crippen LogP contribution in [0.2, 0.25) is 0 Å². The molecule has 0 spiro atoms. The first kappa shape index (κ1) is 24.0. The maximum atomic E-state index is 5.79. The van der Waals surface area contributed by atoms with Gasteiger partial charge in [0, 0.05) is 13.2 Å². The predicted octanol–water partition coefficient (Wildman–Crippen LogP) is 8.99. The monoisotopic (exact) mass is 366 g/mol. The molecular formula is C25H50O. The van der Waals surface area contributed by atoms with Crippen LogP contribution in [0.4, 0.5) is 0 Å². The highest BCUT2D eigenvalue weighted by Gasteiger charge is 1.97. The topological polar surface area (TPSA) is 9.23 Å². The van der Waals surface area contributed by atoms with E-state index in [0.717, 1.165) is 13.2 Å². The molecule has 1 aliphatic rings. The summed E-state index contributed by atoms with van der Waals surface area (Å²) < 4.78 is 5.79. The van der Waals surface area contributed by atoms with E-state index in [9.17, 15) is 0 Å². The van der Waals surface area contributed by atoms with Crippen LogP contribution in [0.3, 0.4) is 0 Å². The third-order valence-corrected chi connectivity index (χ3v) is 6.08. The average Bonchev–Trinajstić information content (AvgIpc) is 2.65. The van der Waals surface area contributed by atoms with Crippen LogP contribution in [0.25, 0.3) is 0 Å². The number of ether oxygens (including phenoxy) is 1. The molecule has 1 aliphatic heterocycles. The minimum atomic E-state index is 1.00. The Labute approximate surface area is 166 Å². The summed E-state index contributed by atoms with van der Waals surface area (Å²) in [7, 11) is 0. The molecule has 0 aromatic rings. The van der Waals surface area contributed by atoms with Gasteiger partial charge < -0.3 is 4.74 Å². The lowest BCUT2D eigenvalue weighted by molar-refractivity contribution is 0.125. The van der Waals surface area contributed by atoms with Crippen LogP contribution in [0.15, 0.2) is 0 Å². The second kappa shape index (κ2) is 21.3. The molecule has 1 saturated heterocycles. The van der Waals surface area contributed by atoms with E-state index in [1.807, 2.05) is 0 Å². The fraction of sp³-hybridized carbons (Fsp3) is 1.00. The van der Waals surface area contributed by atoms with Gasteiger partial charge in [-0.05, 0) is 12.8 Å². The van der Waals surface area contributed by atoms with E-state index in [4.69, 9.17) is 4.74 Å². The molecule has 0 aromatic carbocycles. The fourth-order valence-electron chi connectivity index (χ4n) is 4.22. The van der Waals surface area contributed by atoms with Gasteiger partial charge in [0.2, 0.25) is 0 Å². The van der Waals surface area contributed by atoms with Crippen LogP contribution < -0.4 is 0 Å². The van der Waals surface area contributed by atoms with Gasteiger partial charge in [-0.2, -0.15) is 0 Å². The second-order valence-electron chi connectivity index (χ2n) is 8.74. The lowest BCUT2D eigenvalue weighted by atomic mass is 10.0. The molecule has 1 heteroatoms. The highest BCUT2D eigenvalue weighted by Crippen LogP contribution is 2.15. The van der Waals surface area contributed by atoms with Crippen molar-refractivity contribution in [2.45, 2.75) is 148 Å². The molecule has 1 nitrogen and oxygen atoms in total. The largest absolute Gasteiger partial charge is 0.381 e. The van der Waals surface area contributed by atoms with Gasteiger partial charge in [-0.25, -0.2) is 0 Å². The molecule has 0 amide bonds. The third kappa shape index (κ3) is 18.7. The SMILES string of the molecule is C1CCCCCCCCCCCCOCCCCCCCCCCCC1. The minimum Gasteiger partial charge on any atom is -0.381 e. The molecule has 0 radical (unpaired) electrons. The molecule has 0 N–H and O–H groups in total. The molecule has 0 bridgehead atoms. The molecule has 1 rings (SSSR count). The van der Waals surface area contributed by atoms with Crippen molar-refractivity contribution < 1.29 is 4.74 Å². The van der Waals surface area contributed by atoms with E-state index in [1.54, 1.807) is 0 Å². The highest BCUT2D eigenvalue weighted by molar-refractivity contribution is 4.52. The zero-order valence-electron chi connectivity index (χ0n) is 18.1. The van der Waals surface area contributed by atoms with Gasteiger partial charge in [0.25, 0.3) is 0 Å². The summed E-state index contributed by atoms with van der Waals surface area (Å²) in [6.07, 6.45) is 33.2. The summed E-state index contributed by atoms with van der Waals surface area (Å²) in [6.45, 7) is 2.00. The summed E-state index contributed by atoms with van der Waals surface area (Å²) in [4.78, 5) is 0. The summed E-state index contributed by atoms with van der Waals surface area (Å²) in [5, 5.41) is 0. The molecule has 0 aliphatic carbocycles. The molecule has 1 heterocycles. The van der Waals surface area contributed by atoms with E-state index < -0.39 is 0 Å². The molecule has 0 saturated carbocycles. The number of rotatable bonds is 0. The van der Waals surface area contributed by atoms with Crippen molar-refractivity contribution in [3.05, 3.63) is 0 Å². The fourth-order valence-corrected chi connectivity index (χ4v) is 4.22. The van der Waals surface area contributed by atoms with Crippen molar-refractivity contribution in [1.29, 1.82) is 0 Å². The van der Waals surface area contributed by atoms with E-state index in [0.29, 0.717) is 0 Å². The lowest BCUT2D eigenvalue weighted by Crippen LogP contribution is -1.97. The van der Waals surface area contributed by atoms with Crippen LogP contribution in [0.5, 0.6) is 0 Å². The van der Waals surface area contributed by atoms with Crippen LogP contribution >= 0.6 is 0 Å². The Morgan fingerprint density at radius 3 is 0.538 bits per heavy atom. The van der Waals surface area contributed by atoms with E-state index in [-0.39, 0.29) is 0 Å². The maximum absolute atomic E-state index is 5.79. The first-order chi connectivity index (χ1) is 13.0. The van der Waals surface area contributed by atoms with Crippen LogP contribution in [0, 0.1) is 0 Å². The van der Waals surface area contributed by atoms with E-state index in [1.165, 1.54) is 148 Å². The van der Waals surface area contributed by atoms with Gasteiger partial charge in [-0.1, -0.05) is 135 Å². The molecular weight excluding hydrogens is 316 g/mol. The van der Waals surface area contributed by atoms with Crippen molar-refractivity contribution in [3.63, 3.8) is 0 Å². The summed E-state index contributed by atoms with van der Waals surface area (Å²) in [5.41, 5.74) is 0. The maximum Gasteiger partial charge on any atom is 0.0466 e.